The Bertz CT molecular complexity index is 564. The standard InChI is InChI=1S/C12H13N5O3/c13-16-15-10-5-6-11(12(9-10)17(19)20)14-7-3-1-2-4-8-18/h1-2,5-6,8-9,14H,3-4,7H2/b2-1+. The summed E-state index contributed by atoms with van der Waals surface area (Å²) >= 11 is 0. The Kier molecular flexibility index (Phi) is 6.29. The molecule has 8 heteroatoms. The number of carbonyl (C=O) groups is 1. The minimum absolute atomic E-state index is 0.147. The summed E-state index contributed by atoms with van der Waals surface area (Å²) in [5.41, 5.74) is 8.70. The van der Waals surface area contributed by atoms with Crippen LogP contribution < -0.4 is 5.32 Å². The largest absolute Gasteiger partial charge is 0.379 e. The molecule has 0 aliphatic carbocycles. The molecule has 0 atom stereocenters. The van der Waals surface area contributed by atoms with Crippen molar-refractivity contribution in [1.29, 1.82) is 0 Å². The van der Waals surface area contributed by atoms with E-state index in [1.54, 1.807) is 6.08 Å². The third kappa shape index (κ3) is 4.79. The van der Waals surface area contributed by atoms with Gasteiger partial charge < -0.3 is 10.1 Å². The van der Waals surface area contributed by atoms with E-state index < -0.39 is 4.92 Å². The predicted molar refractivity (Wildman–Crippen MR) is 74.8 cm³/mol. The highest BCUT2D eigenvalue weighted by Crippen LogP contribution is 2.29. The zero-order chi connectivity index (χ0) is 14.8. The summed E-state index contributed by atoms with van der Waals surface area (Å²) in [5.74, 6) is 0. The summed E-state index contributed by atoms with van der Waals surface area (Å²) in [6.07, 6.45) is 5.35. The lowest BCUT2D eigenvalue weighted by atomic mass is 10.2. The van der Waals surface area contributed by atoms with Gasteiger partial charge in [0, 0.05) is 29.6 Å². The summed E-state index contributed by atoms with van der Waals surface area (Å²) in [5, 5.41) is 17.2. The molecule has 1 N–H and O–H groups in total. The molecular weight excluding hydrogens is 262 g/mol. The second-order valence-electron chi connectivity index (χ2n) is 3.74. The Labute approximate surface area is 114 Å². The van der Waals surface area contributed by atoms with E-state index in [2.05, 4.69) is 15.3 Å². The van der Waals surface area contributed by atoms with E-state index >= 15 is 0 Å². The van der Waals surface area contributed by atoms with Gasteiger partial charge in [0.05, 0.1) is 4.92 Å². The highest BCUT2D eigenvalue weighted by molar-refractivity contribution is 5.66. The van der Waals surface area contributed by atoms with Gasteiger partial charge in [-0.25, -0.2) is 0 Å². The van der Waals surface area contributed by atoms with Crippen LogP contribution in [0.1, 0.15) is 12.8 Å². The molecule has 0 aliphatic heterocycles. The Morgan fingerprint density at radius 3 is 2.90 bits per heavy atom. The molecule has 0 saturated heterocycles. The van der Waals surface area contributed by atoms with Gasteiger partial charge in [0.15, 0.2) is 0 Å². The van der Waals surface area contributed by atoms with Crippen molar-refractivity contribution in [3.8, 4) is 0 Å². The molecule has 0 aromatic heterocycles. The van der Waals surface area contributed by atoms with Crippen LogP contribution in [0, 0.1) is 10.1 Å². The van der Waals surface area contributed by atoms with Gasteiger partial charge in [-0.05, 0) is 18.0 Å². The summed E-state index contributed by atoms with van der Waals surface area (Å²) in [7, 11) is 0. The predicted octanol–water partition coefficient (Wildman–Crippen LogP) is 3.48. The summed E-state index contributed by atoms with van der Waals surface area (Å²) in [4.78, 5) is 23.1. The Hall–Kier alpha value is -2.86. The number of rotatable bonds is 8. The Morgan fingerprint density at radius 2 is 2.25 bits per heavy atom. The molecule has 0 aliphatic rings. The summed E-state index contributed by atoms with van der Waals surface area (Å²) in [6, 6.07) is 4.21. The molecular formula is C12H13N5O3. The third-order valence-electron chi connectivity index (χ3n) is 2.36. The molecule has 20 heavy (non-hydrogen) atoms. The molecule has 0 unspecified atom stereocenters. The van der Waals surface area contributed by atoms with Gasteiger partial charge in [-0.15, -0.1) is 0 Å². The minimum Gasteiger partial charge on any atom is -0.379 e. The molecule has 1 aromatic rings. The number of anilines is 1. The van der Waals surface area contributed by atoms with E-state index in [-0.39, 0.29) is 11.4 Å². The van der Waals surface area contributed by atoms with Crippen molar-refractivity contribution in [2.45, 2.75) is 12.8 Å². The van der Waals surface area contributed by atoms with Crippen LogP contribution in [0.4, 0.5) is 17.1 Å². The first-order valence-corrected chi connectivity index (χ1v) is 5.85. The molecule has 0 heterocycles. The average molecular weight is 275 g/mol. The van der Waals surface area contributed by atoms with E-state index in [1.807, 2.05) is 6.08 Å². The molecule has 0 saturated carbocycles. The second-order valence-corrected chi connectivity index (χ2v) is 3.74. The monoisotopic (exact) mass is 275 g/mol. The molecule has 1 aromatic carbocycles. The number of hydrogen-bond donors (Lipinski definition) is 1. The number of aldehydes is 1. The summed E-state index contributed by atoms with van der Waals surface area (Å²) < 4.78 is 0. The van der Waals surface area contributed by atoms with Crippen LogP contribution in [0.15, 0.2) is 35.5 Å². The van der Waals surface area contributed by atoms with Crippen molar-refractivity contribution in [1.82, 2.24) is 0 Å². The lowest BCUT2D eigenvalue weighted by molar-refractivity contribution is -0.383. The number of azide groups is 1. The van der Waals surface area contributed by atoms with Gasteiger partial charge in [-0.1, -0.05) is 23.3 Å². The van der Waals surface area contributed by atoms with E-state index in [1.165, 1.54) is 18.2 Å². The maximum absolute atomic E-state index is 10.9. The fourth-order valence-electron chi connectivity index (χ4n) is 1.49. The maximum atomic E-state index is 10.9. The first-order chi connectivity index (χ1) is 9.69. The third-order valence-corrected chi connectivity index (χ3v) is 2.36. The smallest absolute Gasteiger partial charge is 0.292 e. The molecule has 0 spiro atoms. The van der Waals surface area contributed by atoms with Crippen LogP contribution in [0.25, 0.3) is 10.4 Å². The van der Waals surface area contributed by atoms with E-state index in [0.29, 0.717) is 25.1 Å². The second kappa shape index (κ2) is 8.28. The topological polar surface area (TPSA) is 121 Å². The van der Waals surface area contributed by atoms with Crippen molar-refractivity contribution >= 4 is 23.3 Å². The first kappa shape index (κ1) is 15.2. The minimum atomic E-state index is -0.541. The zero-order valence-electron chi connectivity index (χ0n) is 10.6. The number of nitrogens with zero attached hydrogens (tertiary/aromatic N) is 4. The van der Waals surface area contributed by atoms with Crippen molar-refractivity contribution in [3.05, 3.63) is 50.9 Å². The van der Waals surface area contributed by atoms with Gasteiger partial charge >= 0.3 is 0 Å². The fraction of sp³-hybridized carbons (Fsp3) is 0.250. The van der Waals surface area contributed by atoms with Crippen LogP contribution in [-0.4, -0.2) is 17.8 Å². The van der Waals surface area contributed by atoms with Crippen molar-refractivity contribution in [2.75, 3.05) is 11.9 Å². The van der Waals surface area contributed by atoms with E-state index in [9.17, 15) is 14.9 Å². The molecule has 8 nitrogen and oxygen atoms in total. The number of nitro benzene ring substituents is 1. The highest BCUT2D eigenvalue weighted by atomic mass is 16.6. The van der Waals surface area contributed by atoms with Crippen LogP contribution >= 0.6 is 0 Å². The first-order valence-electron chi connectivity index (χ1n) is 5.85. The van der Waals surface area contributed by atoms with Gasteiger partial charge in [0.25, 0.3) is 5.69 Å². The van der Waals surface area contributed by atoms with Crippen LogP contribution in [0.3, 0.4) is 0 Å². The fourth-order valence-corrected chi connectivity index (χ4v) is 1.49. The summed E-state index contributed by atoms with van der Waals surface area (Å²) in [6.45, 7) is 0.497. The highest BCUT2D eigenvalue weighted by Gasteiger charge is 2.13. The van der Waals surface area contributed by atoms with Crippen LogP contribution in [0.5, 0.6) is 0 Å². The van der Waals surface area contributed by atoms with E-state index in [0.717, 1.165) is 6.29 Å². The average Bonchev–Trinajstić information content (AvgIpc) is 2.44. The molecule has 104 valence electrons. The van der Waals surface area contributed by atoms with Gasteiger partial charge in [0.2, 0.25) is 0 Å². The molecule has 0 amide bonds. The van der Waals surface area contributed by atoms with Crippen LogP contribution in [-0.2, 0) is 4.79 Å². The number of hydrogen-bond acceptors (Lipinski definition) is 5. The normalized spacial score (nSPS) is 10.0. The number of benzene rings is 1. The van der Waals surface area contributed by atoms with Gasteiger partial charge in [0.1, 0.15) is 12.0 Å². The van der Waals surface area contributed by atoms with E-state index in [4.69, 9.17) is 5.53 Å². The molecule has 1 rings (SSSR count). The van der Waals surface area contributed by atoms with Gasteiger partial charge in [-0.2, -0.15) is 0 Å². The lowest BCUT2D eigenvalue weighted by Gasteiger charge is -2.06. The van der Waals surface area contributed by atoms with Crippen molar-refractivity contribution < 1.29 is 9.72 Å². The number of nitrogens with one attached hydrogen (secondary N) is 1. The number of allylic oxidation sites excluding steroid dienone is 1. The van der Waals surface area contributed by atoms with Gasteiger partial charge in [-0.3, -0.25) is 10.1 Å². The van der Waals surface area contributed by atoms with Crippen molar-refractivity contribution in [2.24, 2.45) is 5.11 Å². The lowest BCUT2D eigenvalue weighted by Crippen LogP contribution is -2.03. The number of carbonyl (C=O) groups excluding carboxylic acids is 1. The molecule has 0 fully saturated rings. The zero-order valence-corrected chi connectivity index (χ0v) is 10.6. The molecule has 0 bridgehead atoms. The van der Waals surface area contributed by atoms with Crippen molar-refractivity contribution in [3.63, 3.8) is 0 Å². The molecule has 0 radical (unpaired) electrons. The van der Waals surface area contributed by atoms with Crippen LogP contribution in [0.2, 0.25) is 0 Å². The SMILES string of the molecule is [N-]=[N+]=Nc1ccc(NCC/C=C/CC=O)c([N+](=O)[O-])c1. The number of nitro groups is 1. The Balaban J connectivity index is 2.71. The maximum Gasteiger partial charge on any atom is 0.292 e. The quantitative estimate of drug-likeness (QED) is 0.114. The Morgan fingerprint density at radius 1 is 1.45 bits per heavy atom.